The molecule has 2 rings (SSSR count). The van der Waals surface area contributed by atoms with E-state index in [-0.39, 0.29) is 4.90 Å². The minimum atomic E-state index is -4.25. The molecule has 0 aliphatic rings. The van der Waals surface area contributed by atoms with Gasteiger partial charge in [0, 0.05) is 5.69 Å². The maximum Gasteiger partial charge on any atom is 0.379 e. The van der Waals surface area contributed by atoms with Gasteiger partial charge in [0.25, 0.3) is 9.84 Å². The predicted molar refractivity (Wildman–Crippen MR) is 78.7 cm³/mol. The summed E-state index contributed by atoms with van der Waals surface area (Å²) < 4.78 is 37.3. The first-order chi connectivity index (χ1) is 10.4. The van der Waals surface area contributed by atoms with Gasteiger partial charge in [-0.25, -0.2) is 12.8 Å². The van der Waals surface area contributed by atoms with E-state index in [2.05, 4.69) is 5.32 Å². The predicted octanol–water partition coefficient (Wildman–Crippen LogP) is 2.79. The van der Waals surface area contributed by atoms with E-state index in [1.807, 2.05) is 0 Å². The molecule has 0 unspecified atom stereocenters. The average Bonchev–Trinajstić information content (AvgIpc) is 2.50. The molecule has 0 aromatic heterocycles. The number of halogens is 1. The summed E-state index contributed by atoms with van der Waals surface area (Å²) >= 11 is 0. The fraction of sp³-hybridized carbons (Fsp3) is 0. The molecule has 0 spiro atoms. The monoisotopic (exact) mass is 322 g/mol. The molecule has 0 saturated carbocycles. The molecule has 0 saturated heterocycles. The topological polar surface area (TPSA) is 89.3 Å². The normalized spacial score (nSPS) is 12.0. The fourth-order valence-electron chi connectivity index (χ4n) is 1.64. The zero-order valence-corrected chi connectivity index (χ0v) is 12.0. The molecule has 22 heavy (non-hydrogen) atoms. The lowest BCUT2D eigenvalue weighted by Gasteiger charge is -2.03. The van der Waals surface area contributed by atoms with Crippen molar-refractivity contribution in [1.82, 2.24) is 0 Å². The number of anilines is 1. The van der Waals surface area contributed by atoms with E-state index in [1.54, 1.807) is 6.07 Å². The van der Waals surface area contributed by atoms with E-state index in [0.29, 0.717) is 5.69 Å². The summed E-state index contributed by atoms with van der Waals surface area (Å²) in [5.41, 5.74) is 0.323. The summed E-state index contributed by atoms with van der Waals surface area (Å²) in [7, 11) is -4.25. The zero-order chi connectivity index (χ0) is 16.2. The van der Waals surface area contributed by atoms with E-state index < -0.39 is 25.6 Å². The van der Waals surface area contributed by atoms with Gasteiger partial charge in [-0.1, -0.05) is 18.2 Å². The first-order valence-corrected chi connectivity index (χ1v) is 7.56. The third-order valence-electron chi connectivity index (χ3n) is 2.72. The Morgan fingerprint density at radius 2 is 1.68 bits per heavy atom. The highest BCUT2D eigenvalue weighted by Crippen LogP contribution is 2.20. The van der Waals surface area contributed by atoms with Gasteiger partial charge in [-0.05, 0) is 36.4 Å². The lowest BCUT2D eigenvalue weighted by Crippen LogP contribution is -2.14. The van der Waals surface area contributed by atoms with Crippen LogP contribution in [0.3, 0.4) is 0 Å². The second-order valence-corrected chi connectivity index (χ2v) is 6.10. The molecule has 0 atom stereocenters. The third kappa shape index (κ3) is 3.47. The molecule has 0 aliphatic heterocycles. The van der Waals surface area contributed by atoms with Crippen molar-refractivity contribution in [1.29, 1.82) is 0 Å². The number of hydrogen-bond acceptors (Lipinski definition) is 5. The van der Waals surface area contributed by atoms with E-state index in [4.69, 9.17) is 0 Å². The molecule has 0 bridgehead atoms. The Labute approximate surface area is 126 Å². The molecular weight excluding hydrogens is 311 g/mol. The molecule has 1 N–H and O–H groups in total. The van der Waals surface area contributed by atoms with Gasteiger partial charge < -0.3 is 5.32 Å². The Kier molecular flexibility index (Phi) is 4.52. The Bertz CT molecular complexity index is 802. The van der Waals surface area contributed by atoms with Gasteiger partial charge in [-0.2, -0.15) is 0 Å². The van der Waals surface area contributed by atoms with Crippen molar-refractivity contribution in [3.05, 3.63) is 81.8 Å². The third-order valence-corrected chi connectivity index (χ3v) is 4.43. The first kappa shape index (κ1) is 15.6. The van der Waals surface area contributed by atoms with E-state index in [1.165, 1.54) is 36.4 Å². The van der Waals surface area contributed by atoms with Crippen LogP contribution in [0.4, 0.5) is 10.1 Å². The summed E-state index contributed by atoms with van der Waals surface area (Å²) in [6.07, 6.45) is 0.773. The van der Waals surface area contributed by atoms with Crippen LogP contribution in [0.25, 0.3) is 0 Å². The number of sulfone groups is 1. The van der Waals surface area contributed by atoms with Crippen molar-refractivity contribution >= 4 is 15.5 Å². The average molecular weight is 322 g/mol. The van der Waals surface area contributed by atoms with Crippen LogP contribution in [0.1, 0.15) is 0 Å². The van der Waals surface area contributed by atoms with Crippen LogP contribution in [-0.2, 0) is 9.84 Å². The minimum Gasteiger partial charge on any atom is -0.355 e. The van der Waals surface area contributed by atoms with E-state index in [9.17, 15) is 22.9 Å². The van der Waals surface area contributed by atoms with Crippen LogP contribution in [0.2, 0.25) is 0 Å². The van der Waals surface area contributed by atoms with Crippen molar-refractivity contribution in [3.8, 4) is 0 Å². The number of nitrogens with zero attached hydrogens (tertiary/aromatic N) is 1. The van der Waals surface area contributed by atoms with Gasteiger partial charge in [0.2, 0.25) is 0 Å². The molecule has 0 aliphatic carbocycles. The van der Waals surface area contributed by atoms with Crippen LogP contribution in [0.15, 0.2) is 70.7 Å². The molecule has 114 valence electrons. The van der Waals surface area contributed by atoms with Gasteiger partial charge in [0.1, 0.15) is 5.82 Å². The van der Waals surface area contributed by atoms with Gasteiger partial charge in [-0.15, -0.1) is 0 Å². The maximum absolute atomic E-state index is 12.8. The second-order valence-electron chi connectivity index (χ2n) is 4.21. The van der Waals surface area contributed by atoms with Crippen molar-refractivity contribution in [3.63, 3.8) is 0 Å². The molecule has 0 radical (unpaired) electrons. The molecule has 2 aromatic rings. The van der Waals surface area contributed by atoms with Crippen LogP contribution in [-0.4, -0.2) is 13.3 Å². The van der Waals surface area contributed by atoms with Crippen molar-refractivity contribution < 1.29 is 17.7 Å². The molecule has 6 nitrogen and oxygen atoms in total. The largest absolute Gasteiger partial charge is 0.379 e. The molecule has 2 aromatic carbocycles. The fourth-order valence-corrected chi connectivity index (χ4v) is 2.81. The summed E-state index contributed by atoms with van der Waals surface area (Å²) in [5.74, 6) is -0.471. The standard InChI is InChI=1S/C14H11FN2O4S/c15-11-6-8-12(9-7-11)16-10-14(17(18)19)22(20,21)13-4-2-1-3-5-13/h1-10,16H. The molecule has 8 heteroatoms. The van der Waals surface area contributed by atoms with Gasteiger partial charge >= 0.3 is 5.03 Å². The zero-order valence-electron chi connectivity index (χ0n) is 11.1. The van der Waals surface area contributed by atoms with E-state index in [0.717, 1.165) is 18.3 Å². The van der Waals surface area contributed by atoms with Crippen LogP contribution in [0, 0.1) is 15.9 Å². The first-order valence-electron chi connectivity index (χ1n) is 6.08. The van der Waals surface area contributed by atoms with Gasteiger partial charge in [0.05, 0.1) is 16.0 Å². The molecule has 0 fully saturated rings. The number of nitro groups is 1. The number of benzene rings is 2. The Balaban J connectivity index is 2.36. The molecule has 0 amide bonds. The lowest BCUT2D eigenvalue weighted by atomic mass is 10.3. The Morgan fingerprint density at radius 3 is 2.23 bits per heavy atom. The van der Waals surface area contributed by atoms with Crippen molar-refractivity contribution in [2.75, 3.05) is 5.32 Å². The number of rotatable bonds is 5. The van der Waals surface area contributed by atoms with Crippen LogP contribution in [0.5, 0.6) is 0 Å². The Morgan fingerprint density at radius 1 is 1.09 bits per heavy atom. The summed E-state index contributed by atoms with van der Waals surface area (Å²) in [6.45, 7) is 0. The summed E-state index contributed by atoms with van der Waals surface area (Å²) in [4.78, 5) is 9.88. The van der Waals surface area contributed by atoms with Crippen LogP contribution < -0.4 is 5.32 Å². The van der Waals surface area contributed by atoms with Crippen LogP contribution >= 0.6 is 0 Å². The smallest absolute Gasteiger partial charge is 0.355 e. The summed E-state index contributed by atoms with van der Waals surface area (Å²) in [6, 6.07) is 12.0. The maximum atomic E-state index is 12.8. The quantitative estimate of drug-likeness (QED) is 0.675. The Hall–Kier alpha value is -2.74. The van der Waals surface area contributed by atoms with E-state index >= 15 is 0 Å². The van der Waals surface area contributed by atoms with Crippen molar-refractivity contribution in [2.24, 2.45) is 0 Å². The second kappa shape index (κ2) is 6.35. The SMILES string of the molecule is O=[N+]([O-])C(=CNc1ccc(F)cc1)S(=O)(=O)c1ccccc1. The highest BCUT2D eigenvalue weighted by Gasteiger charge is 2.31. The van der Waals surface area contributed by atoms with Crippen molar-refractivity contribution in [2.45, 2.75) is 4.90 Å². The van der Waals surface area contributed by atoms with Gasteiger partial charge in [-0.3, -0.25) is 10.1 Å². The minimum absolute atomic E-state index is 0.182. The lowest BCUT2D eigenvalue weighted by molar-refractivity contribution is -0.411. The molecule has 0 heterocycles. The number of nitrogens with one attached hydrogen (secondary N) is 1. The molecular formula is C14H11FN2O4S. The highest BCUT2D eigenvalue weighted by atomic mass is 32.2. The summed E-state index contributed by atoms with van der Waals surface area (Å²) in [5, 5.41) is 12.5. The highest BCUT2D eigenvalue weighted by molar-refractivity contribution is 7.95. The van der Waals surface area contributed by atoms with Gasteiger partial charge in [0.15, 0.2) is 0 Å². The number of hydrogen-bond donors (Lipinski definition) is 1.